The van der Waals surface area contributed by atoms with E-state index >= 15 is 0 Å². The summed E-state index contributed by atoms with van der Waals surface area (Å²) >= 11 is 0. The molecule has 0 radical (unpaired) electrons. The van der Waals surface area contributed by atoms with Crippen molar-refractivity contribution in [2.45, 2.75) is 64.0 Å². The van der Waals surface area contributed by atoms with Gasteiger partial charge < -0.3 is 15.2 Å². The molecular weight excluding hydrogens is 274 g/mol. The molecule has 3 nitrogen and oxygen atoms in total. The van der Waals surface area contributed by atoms with Crippen molar-refractivity contribution in [2.75, 3.05) is 13.7 Å². The Morgan fingerprint density at radius 1 is 1.23 bits per heavy atom. The molecule has 22 heavy (non-hydrogen) atoms. The molecule has 0 aliphatic heterocycles. The molecular formula is C19H31NO2. The molecule has 0 aromatic heterocycles. The average molecular weight is 305 g/mol. The first-order valence-electron chi connectivity index (χ1n) is 8.73. The minimum atomic E-state index is -0.0505. The van der Waals surface area contributed by atoms with Crippen molar-refractivity contribution in [1.82, 2.24) is 5.32 Å². The predicted octanol–water partition coefficient (Wildman–Crippen LogP) is 3.55. The van der Waals surface area contributed by atoms with E-state index in [1.165, 1.54) is 24.8 Å². The summed E-state index contributed by atoms with van der Waals surface area (Å²) in [6.07, 6.45) is 8.02. The van der Waals surface area contributed by atoms with Gasteiger partial charge in [-0.2, -0.15) is 0 Å². The van der Waals surface area contributed by atoms with Crippen LogP contribution in [-0.4, -0.2) is 30.9 Å². The zero-order valence-corrected chi connectivity index (χ0v) is 14.1. The minimum absolute atomic E-state index is 0.0505. The second kappa shape index (κ2) is 9.16. The number of benzene rings is 1. The van der Waals surface area contributed by atoms with Gasteiger partial charge in [0.15, 0.2) is 0 Å². The van der Waals surface area contributed by atoms with E-state index in [0.717, 1.165) is 38.0 Å². The van der Waals surface area contributed by atoms with Gasteiger partial charge in [-0.1, -0.05) is 25.0 Å². The van der Waals surface area contributed by atoms with Crippen LogP contribution in [0, 0.1) is 5.92 Å². The molecule has 1 aromatic carbocycles. The van der Waals surface area contributed by atoms with Crippen molar-refractivity contribution in [3.05, 3.63) is 29.8 Å². The Bertz CT molecular complexity index is 418. The molecule has 2 rings (SSSR count). The summed E-state index contributed by atoms with van der Waals surface area (Å²) in [4.78, 5) is 0. The van der Waals surface area contributed by atoms with Gasteiger partial charge in [-0.15, -0.1) is 0 Å². The standard InChI is InChI=1S/C19H31NO2/c1-15(14-16-9-11-18(22-2)12-10-16)20-13-5-7-17-6-3-4-8-19(17)21/h9-12,15,17,19-21H,3-8,13-14H2,1-2H3. The maximum Gasteiger partial charge on any atom is 0.118 e. The molecule has 0 heterocycles. The fourth-order valence-electron chi connectivity index (χ4n) is 3.42. The van der Waals surface area contributed by atoms with Crippen LogP contribution in [-0.2, 0) is 6.42 Å². The topological polar surface area (TPSA) is 41.5 Å². The summed E-state index contributed by atoms with van der Waals surface area (Å²) in [6.45, 7) is 3.28. The molecule has 0 spiro atoms. The van der Waals surface area contributed by atoms with Crippen molar-refractivity contribution >= 4 is 0 Å². The van der Waals surface area contributed by atoms with E-state index < -0.39 is 0 Å². The maximum atomic E-state index is 9.98. The smallest absolute Gasteiger partial charge is 0.118 e. The van der Waals surface area contributed by atoms with Gasteiger partial charge in [-0.3, -0.25) is 0 Å². The molecule has 2 N–H and O–H groups in total. The fraction of sp³-hybridized carbons (Fsp3) is 0.684. The fourth-order valence-corrected chi connectivity index (χ4v) is 3.42. The highest BCUT2D eigenvalue weighted by Gasteiger charge is 2.22. The highest BCUT2D eigenvalue weighted by atomic mass is 16.5. The first-order valence-corrected chi connectivity index (χ1v) is 8.73. The van der Waals surface area contributed by atoms with Crippen LogP contribution in [0.4, 0.5) is 0 Å². The van der Waals surface area contributed by atoms with Gasteiger partial charge in [0.2, 0.25) is 0 Å². The molecule has 3 atom stereocenters. The Morgan fingerprint density at radius 3 is 2.64 bits per heavy atom. The van der Waals surface area contributed by atoms with E-state index in [9.17, 15) is 5.11 Å². The van der Waals surface area contributed by atoms with Crippen LogP contribution in [0.25, 0.3) is 0 Å². The third-order valence-electron chi connectivity index (χ3n) is 4.81. The zero-order valence-electron chi connectivity index (χ0n) is 14.1. The number of hydrogen-bond donors (Lipinski definition) is 2. The lowest BCUT2D eigenvalue weighted by atomic mass is 9.83. The van der Waals surface area contributed by atoms with Crippen LogP contribution in [0.5, 0.6) is 5.75 Å². The van der Waals surface area contributed by atoms with Crippen LogP contribution >= 0.6 is 0 Å². The Hall–Kier alpha value is -1.06. The van der Waals surface area contributed by atoms with E-state index in [0.29, 0.717) is 12.0 Å². The van der Waals surface area contributed by atoms with Crippen molar-refractivity contribution in [2.24, 2.45) is 5.92 Å². The number of aliphatic hydroxyl groups excluding tert-OH is 1. The number of ether oxygens (including phenoxy) is 1. The van der Waals surface area contributed by atoms with Crippen molar-refractivity contribution in [3.8, 4) is 5.75 Å². The first kappa shape index (κ1) is 17.3. The van der Waals surface area contributed by atoms with Gasteiger partial charge in [-0.05, 0) is 69.2 Å². The van der Waals surface area contributed by atoms with E-state index in [1.807, 2.05) is 12.1 Å². The highest BCUT2D eigenvalue weighted by Crippen LogP contribution is 2.27. The normalized spacial score (nSPS) is 23.2. The van der Waals surface area contributed by atoms with Crippen LogP contribution in [0.2, 0.25) is 0 Å². The molecule has 1 aliphatic rings. The van der Waals surface area contributed by atoms with E-state index in [-0.39, 0.29) is 6.10 Å². The van der Waals surface area contributed by atoms with Gasteiger partial charge in [0.25, 0.3) is 0 Å². The van der Waals surface area contributed by atoms with Crippen LogP contribution in [0.1, 0.15) is 51.0 Å². The van der Waals surface area contributed by atoms with Gasteiger partial charge in [-0.25, -0.2) is 0 Å². The quantitative estimate of drug-likeness (QED) is 0.722. The second-order valence-electron chi connectivity index (χ2n) is 6.66. The van der Waals surface area contributed by atoms with E-state index in [1.54, 1.807) is 7.11 Å². The molecule has 1 aromatic rings. The molecule has 0 amide bonds. The van der Waals surface area contributed by atoms with E-state index in [4.69, 9.17) is 4.74 Å². The number of methoxy groups -OCH3 is 1. The predicted molar refractivity (Wildman–Crippen MR) is 91.4 cm³/mol. The van der Waals surface area contributed by atoms with Crippen molar-refractivity contribution in [1.29, 1.82) is 0 Å². The lowest BCUT2D eigenvalue weighted by Gasteiger charge is -2.27. The molecule has 3 unspecified atom stereocenters. The Labute approximate surface area is 135 Å². The number of nitrogens with one attached hydrogen (secondary N) is 1. The summed E-state index contributed by atoms with van der Waals surface area (Å²) in [5, 5.41) is 13.6. The lowest BCUT2D eigenvalue weighted by Crippen LogP contribution is -2.30. The van der Waals surface area contributed by atoms with Gasteiger partial charge in [0.05, 0.1) is 13.2 Å². The van der Waals surface area contributed by atoms with Gasteiger partial charge in [0, 0.05) is 6.04 Å². The molecule has 1 fully saturated rings. The molecule has 3 heteroatoms. The Balaban J connectivity index is 1.61. The van der Waals surface area contributed by atoms with Gasteiger partial charge in [0.1, 0.15) is 5.75 Å². The minimum Gasteiger partial charge on any atom is -0.497 e. The van der Waals surface area contributed by atoms with Crippen LogP contribution in [0.15, 0.2) is 24.3 Å². The zero-order chi connectivity index (χ0) is 15.8. The first-order chi connectivity index (χ1) is 10.7. The Morgan fingerprint density at radius 2 is 1.95 bits per heavy atom. The monoisotopic (exact) mass is 305 g/mol. The summed E-state index contributed by atoms with van der Waals surface area (Å²) in [7, 11) is 1.70. The van der Waals surface area contributed by atoms with Crippen molar-refractivity contribution < 1.29 is 9.84 Å². The molecule has 0 saturated heterocycles. The SMILES string of the molecule is COc1ccc(CC(C)NCCCC2CCCCC2O)cc1. The molecule has 1 saturated carbocycles. The highest BCUT2D eigenvalue weighted by molar-refractivity contribution is 5.27. The van der Waals surface area contributed by atoms with Crippen LogP contribution < -0.4 is 10.1 Å². The van der Waals surface area contributed by atoms with Gasteiger partial charge >= 0.3 is 0 Å². The third kappa shape index (κ3) is 5.62. The van der Waals surface area contributed by atoms with Crippen molar-refractivity contribution in [3.63, 3.8) is 0 Å². The molecule has 1 aliphatic carbocycles. The maximum absolute atomic E-state index is 9.98. The molecule has 0 bridgehead atoms. The van der Waals surface area contributed by atoms with E-state index in [2.05, 4.69) is 24.4 Å². The van der Waals surface area contributed by atoms with Crippen LogP contribution in [0.3, 0.4) is 0 Å². The largest absolute Gasteiger partial charge is 0.497 e. The summed E-state index contributed by atoms with van der Waals surface area (Å²) in [6, 6.07) is 8.79. The Kier molecular flexibility index (Phi) is 7.20. The number of rotatable bonds is 8. The number of hydrogen-bond acceptors (Lipinski definition) is 3. The number of aliphatic hydroxyl groups is 1. The summed E-state index contributed by atoms with van der Waals surface area (Å²) < 4.78 is 5.18. The summed E-state index contributed by atoms with van der Waals surface area (Å²) in [5.41, 5.74) is 1.34. The second-order valence-corrected chi connectivity index (χ2v) is 6.66. The third-order valence-corrected chi connectivity index (χ3v) is 4.81. The summed E-state index contributed by atoms with van der Waals surface area (Å²) in [5.74, 6) is 1.45. The molecule has 124 valence electrons. The lowest BCUT2D eigenvalue weighted by molar-refractivity contribution is 0.0642. The average Bonchev–Trinajstić information content (AvgIpc) is 2.54.